The molecule has 0 radical (unpaired) electrons. The van der Waals surface area contributed by atoms with E-state index >= 15 is 0 Å². The van der Waals surface area contributed by atoms with Gasteiger partial charge in [0.15, 0.2) is 5.75 Å². The summed E-state index contributed by atoms with van der Waals surface area (Å²) in [4.78, 5) is 6.09. The monoisotopic (exact) mass is 366 g/mol. The zero-order valence-electron chi connectivity index (χ0n) is 14.5. The summed E-state index contributed by atoms with van der Waals surface area (Å²) in [6.07, 6.45) is 0. The summed E-state index contributed by atoms with van der Waals surface area (Å²) in [5.74, 6) is 1.31. The standard InChI is InChI=1S/C20H18N2O3S/c1-15-13-18(26-25-24-17-11-7-4-8-12-17)14-19(20(15)23-2)22-21-16-9-5-3-6-10-16/h3-14H,1-2H3. The molecule has 0 saturated carbocycles. The lowest BCUT2D eigenvalue weighted by Crippen LogP contribution is -1.91. The van der Waals surface area contributed by atoms with Crippen LogP contribution in [-0.4, -0.2) is 7.11 Å². The maximum Gasteiger partial charge on any atom is 0.166 e. The fraction of sp³-hybridized carbons (Fsp3) is 0.100. The molecule has 0 bridgehead atoms. The van der Waals surface area contributed by atoms with Crippen LogP contribution >= 0.6 is 12.0 Å². The third kappa shape index (κ3) is 4.84. The van der Waals surface area contributed by atoms with Crippen LogP contribution in [0.4, 0.5) is 11.4 Å². The largest absolute Gasteiger partial charge is 0.494 e. The molecule has 26 heavy (non-hydrogen) atoms. The molecule has 0 aliphatic rings. The second-order valence-electron chi connectivity index (χ2n) is 5.38. The van der Waals surface area contributed by atoms with Gasteiger partial charge < -0.3 is 9.62 Å². The van der Waals surface area contributed by atoms with E-state index in [0.29, 0.717) is 17.2 Å². The predicted molar refractivity (Wildman–Crippen MR) is 102 cm³/mol. The highest BCUT2D eigenvalue weighted by Crippen LogP contribution is 2.37. The van der Waals surface area contributed by atoms with Crippen LogP contribution in [0, 0.1) is 6.92 Å². The lowest BCUT2D eigenvalue weighted by molar-refractivity contribution is -0.0777. The molecule has 0 aromatic heterocycles. The molecule has 0 amide bonds. The third-order valence-electron chi connectivity index (χ3n) is 3.47. The van der Waals surface area contributed by atoms with Crippen LogP contribution in [0.15, 0.2) is 87.9 Å². The van der Waals surface area contributed by atoms with E-state index in [9.17, 15) is 0 Å². The Morgan fingerprint density at radius 2 is 1.54 bits per heavy atom. The van der Waals surface area contributed by atoms with Crippen molar-refractivity contribution in [3.63, 3.8) is 0 Å². The molecule has 0 N–H and O–H groups in total. The molecule has 0 fully saturated rings. The summed E-state index contributed by atoms with van der Waals surface area (Å²) in [5, 5.41) is 8.58. The van der Waals surface area contributed by atoms with Gasteiger partial charge >= 0.3 is 0 Å². The Kier molecular flexibility index (Phi) is 6.24. The van der Waals surface area contributed by atoms with E-state index in [1.165, 1.54) is 0 Å². The fourth-order valence-corrected chi connectivity index (χ4v) is 2.86. The minimum absolute atomic E-state index is 0.627. The Labute approximate surface area is 156 Å². The highest BCUT2D eigenvalue weighted by atomic mass is 32.2. The van der Waals surface area contributed by atoms with Gasteiger partial charge in [0.25, 0.3) is 0 Å². The number of azo groups is 1. The van der Waals surface area contributed by atoms with Gasteiger partial charge in [0, 0.05) is 4.90 Å². The third-order valence-corrected chi connectivity index (χ3v) is 4.03. The normalized spacial score (nSPS) is 10.8. The van der Waals surface area contributed by atoms with E-state index in [2.05, 4.69) is 10.2 Å². The maximum atomic E-state index is 5.46. The van der Waals surface area contributed by atoms with E-state index in [0.717, 1.165) is 28.2 Å². The van der Waals surface area contributed by atoms with E-state index in [1.54, 1.807) is 7.11 Å². The van der Waals surface area contributed by atoms with Gasteiger partial charge in [-0.15, -0.1) is 9.45 Å². The highest BCUT2D eigenvalue weighted by Gasteiger charge is 2.10. The van der Waals surface area contributed by atoms with Gasteiger partial charge in [-0.3, -0.25) is 0 Å². The summed E-state index contributed by atoms with van der Waals surface area (Å²) in [6, 6.07) is 22.6. The molecular formula is C20H18N2O3S. The molecule has 3 rings (SSSR count). The molecule has 0 aliphatic carbocycles. The first kappa shape index (κ1) is 18.0. The van der Waals surface area contributed by atoms with Crippen molar-refractivity contribution in [3.8, 4) is 11.5 Å². The Bertz CT molecular complexity index is 871. The zero-order chi connectivity index (χ0) is 18.2. The van der Waals surface area contributed by atoms with E-state index in [1.807, 2.05) is 79.7 Å². The van der Waals surface area contributed by atoms with Gasteiger partial charge in [-0.1, -0.05) is 36.4 Å². The van der Waals surface area contributed by atoms with Crippen molar-refractivity contribution in [2.75, 3.05) is 7.11 Å². The number of hydrogen-bond donors (Lipinski definition) is 0. The van der Waals surface area contributed by atoms with Gasteiger partial charge in [-0.25, -0.2) is 0 Å². The molecule has 0 spiro atoms. The number of ether oxygens (including phenoxy) is 1. The summed E-state index contributed by atoms with van der Waals surface area (Å²) >= 11 is 1.11. The lowest BCUT2D eigenvalue weighted by Gasteiger charge is -2.10. The van der Waals surface area contributed by atoms with Crippen molar-refractivity contribution in [3.05, 3.63) is 78.4 Å². The number of aryl methyl sites for hydroxylation is 1. The lowest BCUT2D eigenvalue weighted by atomic mass is 10.2. The minimum atomic E-state index is 0.627. The van der Waals surface area contributed by atoms with Crippen molar-refractivity contribution in [2.45, 2.75) is 11.8 Å². The number of para-hydroxylation sites is 1. The number of benzene rings is 3. The molecule has 6 heteroatoms. The molecule has 3 aromatic carbocycles. The van der Waals surface area contributed by atoms with Gasteiger partial charge in [-0.05, 0) is 48.9 Å². The van der Waals surface area contributed by atoms with Crippen LogP contribution in [0.25, 0.3) is 0 Å². The number of rotatable bonds is 7. The minimum Gasteiger partial charge on any atom is -0.494 e. The van der Waals surface area contributed by atoms with Gasteiger partial charge in [0.2, 0.25) is 0 Å². The van der Waals surface area contributed by atoms with Crippen LogP contribution < -0.4 is 9.62 Å². The van der Waals surface area contributed by atoms with Gasteiger partial charge in [-0.2, -0.15) is 5.11 Å². The molecular weight excluding hydrogens is 348 g/mol. The van der Waals surface area contributed by atoms with Crippen LogP contribution in [0.1, 0.15) is 5.56 Å². The van der Waals surface area contributed by atoms with Crippen LogP contribution in [0.5, 0.6) is 11.5 Å². The molecule has 0 heterocycles. The molecule has 0 aliphatic heterocycles. The molecule has 0 saturated heterocycles. The molecule has 132 valence electrons. The van der Waals surface area contributed by atoms with Gasteiger partial charge in [0.05, 0.1) is 24.8 Å². The molecule has 5 nitrogen and oxygen atoms in total. The van der Waals surface area contributed by atoms with Crippen LogP contribution in [0.2, 0.25) is 0 Å². The predicted octanol–water partition coefficient (Wildman–Crippen LogP) is 6.44. The first-order valence-electron chi connectivity index (χ1n) is 7.98. The van der Waals surface area contributed by atoms with E-state index in [4.69, 9.17) is 14.0 Å². The van der Waals surface area contributed by atoms with Crippen molar-refractivity contribution in [2.24, 2.45) is 10.2 Å². The Morgan fingerprint density at radius 1 is 0.846 bits per heavy atom. The van der Waals surface area contributed by atoms with Crippen molar-refractivity contribution < 1.29 is 14.0 Å². The number of methoxy groups -OCH3 is 1. The smallest absolute Gasteiger partial charge is 0.166 e. The average molecular weight is 366 g/mol. The van der Waals surface area contributed by atoms with Crippen LogP contribution in [-0.2, 0) is 4.33 Å². The SMILES string of the molecule is COc1c(C)cc(SOOc2ccccc2)cc1N=Nc1ccccc1. The Hall–Kier alpha value is -2.83. The van der Waals surface area contributed by atoms with E-state index < -0.39 is 0 Å². The van der Waals surface area contributed by atoms with Crippen LogP contribution in [0.3, 0.4) is 0 Å². The first-order chi connectivity index (χ1) is 12.8. The quantitative estimate of drug-likeness (QED) is 0.209. The average Bonchev–Trinajstić information content (AvgIpc) is 2.68. The molecule has 0 unspecified atom stereocenters. The second-order valence-corrected chi connectivity index (χ2v) is 6.15. The van der Waals surface area contributed by atoms with E-state index in [-0.39, 0.29) is 0 Å². The molecule has 0 atom stereocenters. The van der Waals surface area contributed by atoms with Gasteiger partial charge in [0.1, 0.15) is 11.4 Å². The van der Waals surface area contributed by atoms with Crippen molar-refractivity contribution in [1.82, 2.24) is 0 Å². The summed E-state index contributed by atoms with van der Waals surface area (Å²) in [6.45, 7) is 1.95. The number of nitrogens with zero attached hydrogens (tertiary/aromatic N) is 2. The second kappa shape index (κ2) is 9.03. The summed E-state index contributed by atoms with van der Waals surface area (Å²) < 4.78 is 10.7. The summed E-state index contributed by atoms with van der Waals surface area (Å²) in [7, 11) is 1.62. The Morgan fingerprint density at radius 3 is 2.23 bits per heavy atom. The first-order valence-corrected chi connectivity index (χ1v) is 8.72. The topological polar surface area (TPSA) is 52.4 Å². The fourth-order valence-electron chi connectivity index (χ4n) is 2.29. The summed E-state index contributed by atoms with van der Waals surface area (Å²) in [5.41, 5.74) is 2.33. The highest BCUT2D eigenvalue weighted by molar-refractivity contribution is 7.94. The zero-order valence-corrected chi connectivity index (χ0v) is 15.3. The van der Waals surface area contributed by atoms with Crippen molar-refractivity contribution in [1.29, 1.82) is 0 Å². The van der Waals surface area contributed by atoms with Crippen molar-refractivity contribution >= 4 is 23.4 Å². The maximum absolute atomic E-state index is 5.46. The number of hydrogen-bond acceptors (Lipinski definition) is 6. The Balaban J connectivity index is 1.74. The molecule has 3 aromatic rings.